The molecule has 0 aliphatic rings. The minimum atomic E-state index is -2.75. The van der Waals surface area contributed by atoms with E-state index in [9.17, 15) is 49.0 Å². The van der Waals surface area contributed by atoms with E-state index >= 15 is 0 Å². The second kappa shape index (κ2) is 68.9. The first-order chi connectivity index (χ1) is 61.0. The van der Waals surface area contributed by atoms with Gasteiger partial charge in [0.05, 0.1) is 6.10 Å². The Hall–Kier alpha value is -10.1. The van der Waals surface area contributed by atoms with Gasteiger partial charge in [0, 0.05) is 47.4 Å². The van der Waals surface area contributed by atoms with Crippen molar-refractivity contribution in [2.45, 2.75) is 346 Å². The summed E-state index contributed by atoms with van der Waals surface area (Å²) in [7, 11) is 0. The van der Waals surface area contributed by atoms with Gasteiger partial charge in [-0.2, -0.15) is 8.78 Å². The average molecular weight is 1850 g/mol. The summed E-state index contributed by atoms with van der Waals surface area (Å²) in [4.78, 5) is 8.32. The van der Waals surface area contributed by atoms with Crippen LogP contribution in [0, 0.1) is 34.6 Å². The van der Waals surface area contributed by atoms with Gasteiger partial charge in [0.2, 0.25) is 6.36 Å². The van der Waals surface area contributed by atoms with Crippen molar-refractivity contribution in [1.82, 2.24) is 9.97 Å². The van der Waals surface area contributed by atoms with E-state index in [1.807, 2.05) is 143 Å². The number of aliphatic hydroxyl groups excluding tert-OH is 1. The molecule has 0 saturated carbocycles. The molecule has 11 aromatic rings. The molecule has 0 fully saturated rings. The molecule has 0 radical (unpaired) electrons. The summed E-state index contributed by atoms with van der Waals surface area (Å²) in [5.74, 6) is 6.24. The quantitative estimate of drug-likeness (QED) is 0.0644. The van der Waals surface area contributed by atoms with Crippen LogP contribution in [0.3, 0.4) is 0 Å². The topological polar surface area (TPSA) is 73.7 Å². The van der Waals surface area contributed by atoms with Gasteiger partial charge in [-0.05, 0) is 246 Å². The lowest BCUT2D eigenvalue weighted by atomic mass is 9.95. The number of hydrogen-bond donors (Lipinski definition) is 1. The number of hydrogen-bond acceptors (Lipinski definition) is 6. The summed E-state index contributed by atoms with van der Waals surface area (Å²) >= 11 is 0. The molecule has 0 spiro atoms. The van der Waals surface area contributed by atoms with Gasteiger partial charge in [0.1, 0.15) is 30.0 Å². The molecule has 738 valence electrons. The van der Waals surface area contributed by atoms with E-state index in [2.05, 4.69) is 229 Å². The van der Waals surface area contributed by atoms with E-state index in [0.717, 1.165) is 44.8 Å². The summed E-state index contributed by atoms with van der Waals surface area (Å²) in [6.45, 7) is 58.8. The molecule has 0 bridgehead atoms. The number of pyridine rings is 2. The highest BCUT2D eigenvalue weighted by Crippen LogP contribution is 2.34. The van der Waals surface area contributed by atoms with E-state index in [1.165, 1.54) is 81.8 Å². The minimum absolute atomic E-state index is 0. The second-order valence-electron chi connectivity index (χ2n) is 35.6. The number of rotatable bonds is 23. The average Bonchev–Trinajstić information content (AvgIpc) is 0.827. The van der Waals surface area contributed by atoms with Gasteiger partial charge >= 0.3 is 6.61 Å². The highest BCUT2D eigenvalue weighted by Gasteiger charge is 2.19. The maximum absolute atomic E-state index is 13.1. The lowest BCUT2D eigenvalue weighted by molar-refractivity contribution is -0.0499. The zero-order valence-corrected chi connectivity index (χ0v) is 83.3. The highest BCUT2D eigenvalue weighted by atomic mass is 19.3. The molecule has 0 amide bonds. The number of benzene rings is 9. The molecule has 133 heavy (non-hydrogen) atoms. The van der Waals surface area contributed by atoms with Crippen LogP contribution in [0.1, 0.15) is 404 Å². The van der Waals surface area contributed by atoms with Crippen LogP contribution in [0.2, 0.25) is 0 Å². The lowest BCUT2D eigenvalue weighted by Crippen LogP contribution is -2.16. The summed E-state index contributed by atoms with van der Waals surface area (Å²) < 4.78 is 138. The van der Waals surface area contributed by atoms with Crippen molar-refractivity contribution >= 4 is 0 Å². The van der Waals surface area contributed by atoms with E-state index in [-0.39, 0.29) is 57.2 Å². The first-order valence-electron chi connectivity index (χ1n) is 45.7. The molecule has 0 aliphatic carbocycles. The van der Waals surface area contributed by atoms with Crippen molar-refractivity contribution in [1.29, 1.82) is 0 Å². The molecule has 0 saturated heterocycles. The SMILES string of the molecule is C.C.C.CC(C)c1ccc(C(F)F)cc1.CC(C)c1cccc(C(F)F)c1.CC(C)c1cccc(OC(F)F)c1.CC(C)c1ccccc1C(C)F.CC(F)Oc1ccccc1C(C)C.CCC(O)COc1ccc(C(C)C)c(C(F)F)c1.Cc1cc(C(C)C)ccn1.Cc1ccc(C(C)C)cn1.Cc1cccc(C(C)C)c1.Cc1ccccc1C(C)C.Cc1ccccc1C(C)C. The summed E-state index contributed by atoms with van der Waals surface area (Å²) in [5, 5.41) is 9.37. The molecule has 3 unspecified atom stereocenters. The predicted octanol–water partition coefficient (Wildman–Crippen LogP) is 38.4. The third-order valence-corrected chi connectivity index (χ3v) is 20.7. The first kappa shape index (κ1) is 127. The standard InChI is InChI=1S/C14H20F2O2.C11H15FO.C11H15F.C10H12F2O.2C10H12F2.3C10H14.2C9H13N.3CH4/c1-4-10(17)8-18-11-5-6-12(9(2)3)13(7-11)14(15)16;1-8(2)10-6-4-5-7-11(10)13-9(3)12;1-8(2)10-6-4-5-7-11(10)9(3)12;1-7(2)8-4-3-5-9(6-8)13-10(11)12;1-7(2)8-3-5-9(6-4-8)10(11)12;1-7(2)8-4-3-5-9(6-8)10(11)12;1-8(2)10-6-4-5-9(3)7-10;2*1-8(2)10-7-5-4-6-9(10)3;1-7(2)9-4-5-10-8(3)6-9;1-7(2)9-5-4-8(3)10-6-9;;;/h5-7,9-10,14,17H,4,8H2,1-3H3;4-9H,1-3H3;4-9H,1-3H3;3-7,10H,1-2H3;2*3-7,10H,1-2H3;3*4-8H,1-3H3;2*4-7H,1-3H3;3*1H4. The van der Waals surface area contributed by atoms with Crippen LogP contribution >= 0.6 is 0 Å². The molecule has 0 aliphatic heterocycles. The van der Waals surface area contributed by atoms with Gasteiger partial charge in [0.25, 0.3) is 19.3 Å². The van der Waals surface area contributed by atoms with Gasteiger partial charge in [-0.3, -0.25) is 9.97 Å². The Kier molecular flexibility index (Phi) is 65.8. The third kappa shape index (κ3) is 53.0. The number of halogens is 10. The number of para-hydroxylation sites is 1. The summed E-state index contributed by atoms with van der Waals surface area (Å²) in [6.07, 6.45) is -5.51. The van der Waals surface area contributed by atoms with Crippen molar-refractivity contribution < 1.29 is 63.2 Å². The van der Waals surface area contributed by atoms with Crippen molar-refractivity contribution in [2.75, 3.05) is 6.61 Å². The number of alkyl halides is 10. The largest absolute Gasteiger partial charge is 0.491 e. The van der Waals surface area contributed by atoms with Crippen LogP contribution in [0.5, 0.6) is 17.2 Å². The molecule has 9 aromatic carbocycles. The molecule has 2 aromatic heterocycles. The lowest BCUT2D eigenvalue weighted by Gasteiger charge is -2.15. The summed E-state index contributed by atoms with van der Waals surface area (Å²) in [6, 6.07) is 73.9. The van der Waals surface area contributed by atoms with Gasteiger partial charge in [-0.15, -0.1) is 0 Å². The van der Waals surface area contributed by atoms with E-state index < -0.39 is 44.5 Å². The number of aromatic nitrogens is 2. The third-order valence-electron chi connectivity index (χ3n) is 20.7. The summed E-state index contributed by atoms with van der Waals surface area (Å²) in [5.41, 5.74) is 20.3. The van der Waals surface area contributed by atoms with Crippen LogP contribution in [-0.4, -0.2) is 40.8 Å². The molecule has 2 heterocycles. The predicted molar refractivity (Wildman–Crippen MR) is 549 cm³/mol. The van der Waals surface area contributed by atoms with Crippen molar-refractivity contribution in [2.24, 2.45) is 0 Å². The Morgan fingerprint density at radius 3 is 1.05 bits per heavy atom. The number of aryl methyl sites for hydroxylation is 5. The maximum Gasteiger partial charge on any atom is 0.387 e. The van der Waals surface area contributed by atoms with Crippen LogP contribution in [0.15, 0.2) is 249 Å². The second-order valence-corrected chi connectivity index (χ2v) is 35.6. The fourth-order valence-electron chi connectivity index (χ4n) is 12.7. The Balaban J connectivity index is -0.00000140. The van der Waals surface area contributed by atoms with Crippen molar-refractivity contribution in [3.05, 3.63) is 361 Å². The molecule has 6 nitrogen and oxygen atoms in total. The monoisotopic (exact) mass is 1850 g/mol. The van der Waals surface area contributed by atoms with Crippen molar-refractivity contribution in [3.63, 3.8) is 0 Å². The molecule has 11 rings (SSSR count). The van der Waals surface area contributed by atoms with E-state index in [4.69, 9.17) is 9.47 Å². The molecule has 3 atom stereocenters. The first-order valence-corrected chi connectivity index (χ1v) is 45.7. The highest BCUT2D eigenvalue weighted by molar-refractivity contribution is 5.40. The van der Waals surface area contributed by atoms with Crippen molar-refractivity contribution in [3.8, 4) is 17.2 Å². The Bertz CT molecular complexity index is 4630. The van der Waals surface area contributed by atoms with Crippen LogP contribution < -0.4 is 14.2 Å². The molecule has 1 N–H and O–H groups in total. The molecule has 16 heteroatoms. The van der Waals surface area contributed by atoms with Crippen LogP contribution in [-0.2, 0) is 0 Å². The van der Waals surface area contributed by atoms with Gasteiger partial charge in [0.15, 0.2) is 0 Å². The fourth-order valence-corrected chi connectivity index (χ4v) is 12.7. The Morgan fingerprint density at radius 1 is 0.286 bits per heavy atom. The van der Waals surface area contributed by atoms with Crippen LogP contribution in [0.4, 0.5) is 43.9 Å². The van der Waals surface area contributed by atoms with Crippen LogP contribution in [0.25, 0.3) is 0 Å². The minimum Gasteiger partial charge on any atom is -0.491 e. The zero-order valence-electron chi connectivity index (χ0n) is 83.3. The zero-order chi connectivity index (χ0) is 98.6. The fraction of sp³-hybridized carbons (Fsp3) is 0.453. The smallest absolute Gasteiger partial charge is 0.387 e. The van der Waals surface area contributed by atoms with Gasteiger partial charge in [-0.1, -0.05) is 369 Å². The van der Waals surface area contributed by atoms with E-state index in [1.54, 1.807) is 61.5 Å². The van der Waals surface area contributed by atoms with Gasteiger partial charge < -0.3 is 19.3 Å². The number of nitrogens with zero attached hydrogens (tertiary/aromatic N) is 2. The molecular weight excluding hydrogens is 1690 g/mol. The Labute approximate surface area is 799 Å². The maximum atomic E-state index is 13.1. The van der Waals surface area contributed by atoms with Gasteiger partial charge in [-0.25, -0.2) is 35.1 Å². The van der Waals surface area contributed by atoms with E-state index in [0.29, 0.717) is 82.7 Å². The normalized spacial score (nSPS) is 11.2. The molecular formula is C117H166F10N2O4. The number of aliphatic hydroxyl groups is 1. The number of ether oxygens (including phenoxy) is 3. The Morgan fingerprint density at radius 2 is 0.677 bits per heavy atom.